The molecule has 0 saturated carbocycles. The van der Waals surface area contributed by atoms with E-state index in [0.717, 1.165) is 42.5 Å². The highest BCUT2D eigenvalue weighted by Gasteiger charge is 2.16. The van der Waals surface area contributed by atoms with Gasteiger partial charge in [-0.15, -0.1) is 11.3 Å². The van der Waals surface area contributed by atoms with Crippen molar-refractivity contribution in [2.24, 2.45) is 0 Å². The van der Waals surface area contributed by atoms with Gasteiger partial charge in [-0.1, -0.05) is 0 Å². The highest BCUT2D eigenvalue weighted by Crippen LogP contribution is 2.27. The number of hydrogen-bond acceptors (Lipinski definition) is 5. The lowest BCUT2D eigenvalue weighted by Crippen LogP contribution is -2.42. The summed E-state index contributed by atoms with van der Waals surface area (Å²) < 4.78 is 12.2. The molecule has 4 nitrogen and oxygen atoms in total. The van der Waals surface area contributed by atoms with E-state index in [1.54, 1.807) is 11.3 Å². The van der Waals surface area contributed by atoms with E-state index in [1.807, 2.05) is 19.1 Å². The van der Waals surface area contributed by atoms with Crippen molar-refractivity contribution in [1.82, 2.24) is 10.3 Å². The lowest BCUT2D eigenvalue weighted by atomic mass is 10.2. The molecule has 1 aliphatic heterocycles. The predicted molar refractivity (Wildman–Crippen MR) is 77.1 cm³/mol. The Labute approximate surface area is 116 Å². The van der Waals surface area contributed by atoms with Gasteiger partial charge in [0.1, 0.15) is 5.75 Å². The van der Waals surface area contributed by atoms with Crippen molar-refractivity contribution in [2.45, 2.75) is 19.4 Å². The Bertz CT molecular complexity index is 549. The zero-order valence-electron chi connectivity index (χ0n) is 11.0. The molecule has 1 atom stereocenters. The molecular weight excluding hydrogens is 260 g/mol. The van der Waals surface area contributed by atoms with Crippen LogP contribution in [-0.2, 0) is 11.2 Å². The maximum atomic E-state index is 5.52. The Morgan fingerprint density at radius 1 is 1.53 bits per heavy atom. The Kier molecular flexibility index (Phi) is 3.96. The van der Waals surface area contributed by atoms with Crippen LogP contribution in [0.25, 0.3) is 10.2 Å². The highest BCUT2D eigenvalue weighted by atomic mass is 32.1. The van der Waals surface area contributed by atoms with Crippen molar-refractivity contribution in [2.75, 3.05) is 26.4 Å². The molecule has 1 aliphatic rings. The Morgan fingerprint density at radius 3 is 3.26 bits per heavy atom. The third kappa shape index (κ3) is 3.05. The first-order valence-electron chi connectivity index (χ1n) is 6.68. The molecule has 1 aromatic heterocycles. The van der Waals surface area contributed by atoms with E-state index in [-0.39, 0.29) is 0 Å². The van der Waals surface area contributed by atoms with Crippen LogP contribution in [0.2, 0.25) is 0 Å². The largest absolute Gasteiger partial charge is 0.494 e. The molecule has 2 aromatic rings. The maximum absolute atomic E-state index is 5.52. The van der Waals surface area contributed by atoms with Crippen LogP contribution in [0, 0.1) is 0 Å². The van der Waals surface area contributed by atoms with Gasteiger partial charge < -0.3 is 14.8 Å². The third-order valence-corrected chi connectivity index (χ3v) is 4.18. The number of thiazole rings is 1. The molecule has 3 rings (SSSR count). The minimum absolute atomic E-state index is 0.390. The first-order chi connectivity index (χ1) is 9.35. The van der Waals surface area contributed by atoms with Crippen LogP contribution >= 0.6 is 11.3 Å². The Balaban J connectivity index is 1.76. The summed E-state index contributed by atoms with van der Waals surface area (Å²) in [6.07, 6.45) is 0.934. The van der Waals surface area contributed by atoms with Crippen molar-refractivity contribution in [3.8, 4) is 5.75 Å². The minimum atomic E-state index is 0.390. The van der Waals surface area contributed by atoms with Crippen molar-refractivity contribution in [3.63, 3.8) is 0 Å². The lowest BCUT2D eigenvalue weighted by Gasteiger charge is -2.22. The molecule has 102 valence electrons. The monoisotopic (exact) mass is 278 g/mol. The first kappa shape index (κ1) is 12.8. The van der Waals surface area contributed by atoms with Gasteiger partial charge in [-0.3, -0.25) is 0 Å². The normalized spacial score (nSPS) is 19.7. The van der Waals surface area contributed by atoms with Gasteiger partial charge in [0, 0.05) is 19.0 Å². The summed E-state index contributed by atoms with van der Waals surface area (Å²) in [6.45, 7) is 5.22. The summed E-state index contributed by atoms with van der Waals surface area (Å²) in [5, 5.41) is 4.62. The molecule has 2 heterocycles. The summed E-state index contributed by atoms with van der Waals surface area (Å²) in [6, 6.07) is 6.48. The van der Waals surface area contributed by atoms with Crippen LogP contribution in [0.3, 0.4) is 0 Å². The number of aromatic nitrogens is 1. The van der Waals surface area contributed by atoms with Gasteiger partial charge in [-0.05, 0) is 25.1 Å². The zero-order valence-corrected chi connectivity index (χ0v) is 11.8. The molecule has 1 fully saturated rings. The standard InChI is InChI=1S/C14H18N2O2S/c1-2-18-11-3-4-12-13(8-11)19-14(16-12)7-10-9-17-6-5-15-10/h3-4,8,10,15H,2,5-7,9H2,1H3. The molecule has 0 amide bonds. The van der Waals surface area contributed by atoms with Crippen LogP contribution in [-0.4, -0.2) is 37.4 Å². The smallest absolute Gasteiger partial charge is 0.120 e. The van der Waals surface area contributed by atoms with Gasteiger partial charge in [0.25, 0.3) is 0 Å². The summed E-state index contributed by atoms with van der Waals surface area (Å²) in [5.41, 5.74) is 1.06. The molecule has 0 spiro atoms. The van der Waals surface area contributed by atoms with Crippen LogP contribution in [0.1, 0.15) is 11.9 Å². The number of nitrogens with one attached hydrogen (secondary N) is 1. The fourth-order valence-corrected chi connectivity index (χ4v) is 3.33. The minimum Gasteiger partial charge on any atom is -0.494 e. The zero-order chi connectivity index (χ0) is 13.1. The van der Waals surface area contributed by atoms with E-state index < -0.39 is 0 Å². The number of rotatable bonds is 4. The van der Waals surface area contributed by atoms with Gasteiger partial charge in [-0.25, -0.2) is 4.98 Å². The average molecular weight is 278 g/mol. The predicted octanol–water partition coefficient (Wildman–Crippen LogP) is 2.23. The summed E-state index contributed by atoms with van der Waals surface area (Å²) in [4.78, 5) is 4.68. The van der Waals surface area contributed by atoms with E-state index in [4.69, 9.17) is 9.47 Å². The maximum Gasteiger partial charge on any atom is 0.120 e. The first-order valence-corrected chi connectivity index (χ1v) is 7.50. The summed E-state index contributed by atoms with van der Waals surface area (Å²) in [5.74, 6) is 0.921. The van der Waals surface area contributed by atoms with E-state index in [0.29, 0.717) is 12.6 Å². The number of fused-ring (bicyclic) bond motifs is 1. The summed E-state index contributed by atoms with van der Waals surface area (Å²) in [7, 11) is 0. The lowest BCUT2D eigenvalue weighted by molar-refractivity contribution is 0.0770. The van der Waals surface area contributed by atoms with Crippen LogP contribution in [0.5, 0.6) is 5.75 Å². The fraction of sp³-hybridized carbons (Fsp3) is 0.500. The molecule has 1 aromatic carbocycles. The van der Waals surface area contributed by atoms with Crippen molar-refractivity contribution < 1.29 is 9.47 Å². The van der Waals surface area contributed by atoms with E-state index in [9.17, 15) is 0 Å². The topological polar surface area (TPSA) is 43.4 Å². The molecule has 1 saturated heterocycles. The molecule has 1 unspecified atom stereocenters. The Morgan fingerprint density at radius 2 is 2.47 bits per heavy atom. The van der Waals surface area contributed by atoms with Crippen LogP contribution in [0.4, 0.5) is 0 Å². The average Bonchev–Trinajstić information content (AvgIpc) is 2.82. The number of benzene rings is 1. The molecule has 1 N–H and O–H groups in total. The summed E-state index contributed by atoms with van der Waals surface area (Å²) >= 11 is 1.74. The van der Waals surface area contributed by atoms with Gasteiger partial charge in [0.15, 0.2) is 0 Å². The molecule has 19 heavy (non-hydrogen) atoms. The van der Waals surface area contributed by atoms with Gasteiger partial charge in [0.05, 0.1) is 35.0 Å². The molecule has 5 heteroatoms. The highest BCUT2D eigenvalue weighted by molar-refractivity contribution is 7.18. The Hall–Kier alpha value is -1.17. The molecule has 0 radical (unpaired) electrons. The third-order valence-electron chi connectivity index (χ3n) is 3.13. The van der Waals surface area contributed by atoms with Gasteiger partial charge in [0.2, 0.25) is 0 Å². The van der Waals surface area contributed by atoms with Crippen LogP contribution in [0.15, 0.2) is 18.2 Å². The van der Waals surface area contributed by atoms with E-state index in [1.165, 1.54) is 4.70 Å². The van der Waals surface area contributed by atoms with Crippen molar-refractivity contribution in [1.29, 1.82) is 0 Å². The number of ether oxygens (including phenoxy) is 2. The van der Waals surface area contributed by atoms with Crippen LogP contribution < -0.4 is 10.1 Å². The van der Waals surface area contributed by atoms with E-state index >= 15 is 0 Å². The van der Waals surface area contributed by atoms with Gasteiger partial charge in [-0.2, -0.15) is 0 Å². The number of nitrogens with zero attached hydrogens (tertiary/aromatic N) is 1. The van der Waals surface area contributed by atoms with E-state index in [2.05, 4.69) is 16.4 Å². The number of hydrogen-bond donors (Lipinski definition) is 1. The SMILES string of the molecule is CCOc1ccc2nc(CC3COCCN3)sc2c1. The second-order valence-electron chi connectivity index (χ2n) is 4.60. The second kappa shape index (κ2) is 5.86. The van der Waals surface area contributed by atoms with Crippen molar-refractivity contribution in [3.05, 3.63) is 23.2 Å². The fourth-order valence-electron chi connectivity index (χ4n) is 2.26. The quantitative estimate of drug-likeness (QED) is 0.931. The van der Waals surface area contributed by atoms with Crippen molar-refractivity contribution >= 4 is 21.6 Å². The van der Waals surface area contributed by atoms with Gasteiger partial charge >= 0.3 is 0 Å². The molecule has 0 bridgehead atoms. The number of morpholine rings is 1. The second-order valence-corrected chi connectivity index (χ2v) is 5.72. The molecule has 0 aliphatic carbocycles. The molecular formula is C14H18N2O2S.